The van der Waals surface area contributed by atoms with Gasteiger partial charge in [0.2, 0.25) is 0 Å². The van der Waals surface area contributed by atoms with Crippen molar-refractivity contribution in [2.45, 2.75) is 18.9 Å². The number of ether oxygens (including phenoxy) is 1. The van der Waals surface area contributed by atoms with Gasteiger partial charge in [-0.3, -0.25) is 0 Å². The molecule has 1 aromatic carbocycles. The van der Waals surface area contributed by atoms with Crippen molar-refractivity contribution in [3.8, 4) is 0 Å². The lowest BCUT2D eigenvalue weighted by Crippen LogP contribution is -2.26. The van der Waals surface area contributed by atoms with Gasteiger partial charge in [-0.2, -0.15) is 0 Å². The number of hydrogen-bond acceptors (Lipinski definition) is 2. The van der Waals surface area contributed by atoms with E-state index >= 15 is 0 Å². The van der Waals surface area contributed by atoms with Crippen LogP contribution in [0.4, 0.5) is 4.39 Å². The zero-order chi connectivity index (χ0) is 11.5. The molecule has 0 fully saturated rings. The molecule has 4 heteroatoms. The van der Waals surface area contributed by atoms with E-state index in [1.54, 1.807) is 12.1 Å². The summed E-state index contributed by atoms with van der Waals surface area (Å²) in [4.78, 5) is 0. The van der Waals surface area contributed by atoms with E-state index in [4.69, 9.17) is 22.1 Å². The van der Waals surface area contributed by atoms with Gasteiger partial charge in [0.1, 0.15) is 11.6 Å². The molecule has 0 bridgehead atoms. The van der Waals surface area contributed by atoms with Crippen molar-refractivity contribution in [1.29, 1.82) is 0 Å². The molecule has 0 amide bonds. The fourth-order valence-corrected chi connectivity index (χ4v) is 1.93. The quantitative estimate of drug-likeness (QED) is 0.883. The van der Waals surface area contributed by atoms with Gasteiger partial charge in [-0.05, 0) is 24.1 Å². The molecule has 0 radical (unpaired) electrons. The lowest BCUT2D eigenvalue weighted by molar-refractivity contribution is 0.224. The van der Waals surface area contributed by atoms with Crippen molar-refractivity contribution in [1.82, 2.24) is 0 Å². The zero-order valence-electron chi connectivity index (χ0n) is 8.75. The molecule has 16 heavy (non-hydrogen) atoms. The predicted molar refractivity (Wildman–Crippen MR) is 61.7 cm³/mol. The predicted octanol–water partition coefficient (Wildman–Crippen LogP) is 2.65. The SMILES string of the molecule is NC(Cc1cccc(Cl)c1F)C1=CCCO1. The average molecular weight is 242 g/mol. The van der Waals surface area contributed by atoms with Gasteiger partial charge >= 0.3 is 0 Å². The number of hydrogen-bond donors (Lipinski definition) is 1. The molecule has 0 saturated carbocycles. The third-order valence-electron chi connectivity index (χ3n) is 2.57. The summed E-state index contributed by atoms with van der Waals surface area (Å²) in [6.07, 6.45) is 3.23. The Morgan fingerprint density at radius 3 is 3.00 bits per heavy atom. The van der Waals surface area contributed by atoms with Crippen molar-refractivity contribution in [2.24, 2.45) is 5.73 Å². The zero-order valence-corrected chi connectivity index (χ0v) is 9.51. The summed E-state index contributed by atoms with van der Waals surface area (Å²) in [6, 6.07) is 4.64. The van der Waals surface area contributed by atoms with Gasteiger partial charge in [-0.15, -0.1) is 0 Å². The molecular weight excluding hydrogens is 229 g/mol. The van der Waals surface area contributed by atoms with Gasteiger partial charge < -0.3 is 10.5 Å². The Bertz CT molecular complexity index is 419. The summed E-state index contributed by atoms with van der Waals surface area (Å²) in [5.41, 5.74) is 6.45. The van der Waals surface area contributed by atoms with E-state index in [0.29, 0.717) is 18.6 Å². The highest BCUT2D eigenvalue weighted by atomic mass is 35.5. The van der Waals surface area contributed by atoms with Gasteiger partial charge in [0.05, 0.1) is 17.7 Å². The smallest absolute Gasteiger partial charge is 0.145 e. The molecule has 2 nitrogen and oxygen atoms in total. The van der Waals surface area contributed by atoms with Crippen LogP contribution in [0, 0.1) is 5.82 Å². The second-order valence-electron chi connectivity index (χ2n) is 3.77. The lowest BCUT2D eigenvalue weighted by atomic mass is 10.0. The second kappa shape index (κ2) is 4.85. The fraction of sp³-hybridized carbons (Fsp3) is 0.333. The van der Waals surface area contributed by atoms with E-state index < -0.39 is 5.82 Å². The van der Waals surface area contributed by atoms with Crippen LogP contribution >= 0.6 is 11.6 Å². The normalized spacial score (nSPS) is 16.8. The summed E-state index contributed by atoms with van der Waals surface area (Å²) in [6.45, 7) is 0.668. The second-order valence-corrected chi connectivity index (χ2v) is 4.17. The van der Waals surface area contributed by atoms with Crippen LogP contribution in [0.25, 0.3) is 0 Å². The number of nitrogens with two attached hydrogens (primary N) is 1. The van der Waals surface area contributed by atoms with Crippen molar-refractivity contribution < 1.29 is 9.13 Å². The van der Waals surface area contributed by atoms with Crippen LogP contribution in [0.1, 0.15) is 12.0 Å². The molecule has 1 heterocycles. The minimum absolute atomic E-state index is 0.131. The molecule has 1 aliphatic heterocycles. The number of halogens is 2. The van der Waals surface area contributed by atoms with Crippen molar-refractivity contribution in [3.05, 3.63) is 46.4 Å². The van der Waals surface area contributed by atoms with Crippen LogP contribution < -0.4 is 5.73 Å². The van der Waals surface area contributed by atoms with Gasteiger partial charge in [0.25, 0.3) is 0 Å². The van der Waals surface area contributed by atoms with Crippen LogP contribution in [0.3, 0.4) is 0 Å². The van der Waals surface area contributed by atoms with Crippen LogP contribution in [-0.4, -0.2) is 12.6 Å². The Hall–Kier alpha value is -1.06. The molecule has 1 unspecified atom stereocenters. The minimum Gasteiger partial charge on any atom is -0.496 e. The van der Waals surface area contributed by atoms with Crippen molar-refractivity contribution in [2.75, 3.05) is 6.61 Å². The van der Waals surface area contributed by atoms with Crippen molar-refractivity contribution >= 4 is 11.6 Å². The molecule has 2 N–H and O–H groups in total. The molecule has 0 saturated heterocycles. The molecule has 86 valence electrons. The standard InChI is InChI=1S/C12H13ClFNO/c13-9-4-1-3-8(12(9)14)7-10(15)11-5-2-6-16-11/h1,3-5,10H,2,6-7,15H2. The largest absolute Gasteiger partial charge is 0.496 e. The van der Waals surface area contributed by atoms with Crippen LogP contribution in [0.5, 0.6) is 0 Å². The summed E-state index contributed by atoms with van der Waals surface area (Å²) in [7, 11) is 0. The molecule has 0 spiro atoms. The summed E-state index contributed by atoms with van der Waals surface area (Å²) >= 11 is 5.70. The lowest BCUT2D eigenvalue weighted by Gasteiger charge is -2.13. The maximum Gasteiger partial charge on any atom is 0.145 e. The Balaban J connectivity index is 2.11. The topological polar surface area (TPSA) is 35.2 Å². The number of benzene rings is 1. The third-order valence-corrected chi connectivity index (χ3v) is 2.86. The maximum atomic E-state index is 13.6. The van der Waals surface area contributed by atoms with Gasteiger partial charge in [0, 0.05) is 6.42 Å². The number of rotatable bonds is 3. The van der Waals surface area contributed by atoms with Crippen LogP contribution in [-0.2, 0) is 11.2 Å². The first-order valence-corrected chi connectivity index (χ1v) is 5.57. The van der Waals surface area contributed by atoms with E-state index in [-0.39, 0.29) is 11.1 Å². The molecule has 1 aliphatic rings. The summed E-state index contributed by atoms with van der Waals surface area (Å²) in [5.74, 6) is 0.359. The van der Waals surface area contributed by atoms with Gasteiger partial charge in [-0.1, -0.05) is 23.7 Å². The highest BCUT2D eigenvalue weighted by Crippen LogP contribution is 2.21. The summed E-state index contributed by atoms with van der Waals surface area (Å²) in [5, 5.41) is 0.131. The average Bonchev–Trinajstić information content (AvgIpc) is 2.78. The van der Waals surface area contributed by atoms with E-state index in [1.165, 1.54) is 6.07 Å². The van der Waals surface area contributed by atoms with Crippen molar-refractivity contribution in [3.63, 3.8) is 0 Å². The Labute approximate surface area is 98.8 Å². The molecule has 2 rings (SSSR count). The van der Waals surface area contributed by atoms with E-state index in [0.717, 1.165) is 12.2 Å². The maximum absolute atomic E-state index is 13.6. The first kappa shape index (κ1) is 11.4. The monoisotopic (exact) mass is 241 g/mol. The first-order chi connectivity index (χ1) is 7.68. The first-order valence-electron chi connectivity index (χ1n) is 5.20. The van der Waals surface area contributed by atoms with Crippen LogP contribution in [0.15, 0.2) is 30.0 Å². The van der Waals surface area contributed by atoms with E-state index in [1.807, 2.05) is 6.08 Å². The van der Waals surface area contributed by atoms with E-state index in [9.17, 15) is 4.39 Å². The van der Waals surface area contributed by atoms with Gasteiger partial charge in [0.15, 0.2) is 0 Å². The Morgan fingerprint density at radius 1 is 1.50 bits per heavy atom. The molecule has 0 aromatic heterocycles. The molecule has 1 atom stereocenters. The fourth-order valence-electron chi connectivity index (χ4n) is 1.74. The highest BCUT2D eigenvalue weighted by Gasteiger charge is 2.17. The Morgan fingerprint density at radius 2 is 2.31 bits per heavy atom. The minimum atomic E-state index is -0.391. The van der Waals surface area contributed by atoms with Gasteiger partial charge in [-0.25, -0.2) is 4.39 Å². The van der Waals surface area contributed by atoms with Crippen LogP contribution in [0.2, 0.25) is 5.02 Å². The molecule has 0 aliphatic carbocycles. The highest BCUT2D eigenvalue weighted by molar-refractivity contribution is 6.30. The Kier molecular flexibility index (Phi) is 3.46. The third kappa shape index (κ3) is 2.36. The van der Waals surface area contributed by atoms with E-state index in [2.05, 4.69) is 0 Å². The molecular formula is C12H13ClFNO. The molecule has 1 aromatic rings. The summed E-state index contributed by atoms with van der Waals surface area (Å²) < 4.78 is 18.9.